The SMILES string of the molecule is Nc1cc(C(=O)c2cccnc2)ccc1O. The molecule has 0 radical (unpaired) electrons. The van der Waals surface area contributed by atoms with E-state index in [0.717, 1.165) is 0 Å². The van der Waals surface area contributed by atoms with E-state index in [2.05, 4.69) is 4.98 Å². The van der Waals surface area contributed by atoms with Gasteiger partial charge in [-0.2, -0.15) is 0 Å². The molecule has 0 aliphatic heterocycles. The minimum Gasteiger partial charge on any atom is -0.506 e. The number of aromatic nitrogens is 1. The molecule has 0 aliphatic rings. The van der Waals surface area contributed by atoms with Gasteiger partial charge in [-0.05, 0) is 30.3 Å². The molecule has 80 valence electrons. The first-order valence-electron chi connectivity index (χ1n) is 4.71. The Balaban J connectivity index is 2.39. The molecule has 0 aliphatic carbocycles. The quantitative estimate of drug-likeness (QED) is 0.452. The summed E-state index contributed by atoms with van der Waals surface area (Å²) in [6, 6.07) is 7.75. The number of anilines is 1. The lowest BCUT2D eigenvalue weighted by Crippen LogP contribution is -2.02. The first kappa shape index (κ1) is 10.2. The van der Waals surface area contributed by atoms with Crippen LogP contribution < -0.4 is 5.73 Å². The van der Waals surface area contributed by atoms with Gasteiger partial charge in [0.2, 0.25) is 0 Å². The molecule has 1 aromatic heterocycles. The van der Waals surface area contributed by atoms with E-state index in [1.165, 1.54) is 24.4 Å². The summed E-state index contributed by atoms with van der Waals surface area (Å²) in [6.07, 6.45) is 3.09. The number of carbonyl (C=O) groups excluding carboxylic acids is 1. The van der Waals surface area contributed by atoms with Gasteiger partial charge in [0.05, 0.1) is 5.69 Å². The summed E-state index contributed by atoms with van der Waals surface area (Å²) < 4.78 is 0. The third-order valence-corrected chi connectivity index (χ3v) is 2.21. The summed E-state index contributed by atoms with van der Waals surface area (Å²) in [4.78, 5) is 15.8. The maximum absolute atomic E-state index is 11.9. The highest BCUT2D eigenvalue weighted by atomic mass is 16.3. The van der Waals surface area contributed by atoms with Crippen LogP contribution in [-0.4, -0.2) is 15.9 Å². The van der Waals surface area contributed by atoms with Crippen molar-refractivity contribution in [2.75, 3.05) is 5.73 Å². The lowest BCUT2D eigenvalue weighted by molar-refractivity contribution is 0.103. The van der Waals surface area contributed by atoms with Crippen molar-refractivity contribution in [3.63, 3.8) is 0 Å². The average molecular weight is 214 g/mol. The minimum absolute atomic E-state index is 0.0252. The van der Waals surface area contributed by atoms with Crippen LogP contribution in [0.15, 0.2) is 42.7 Å². The van der Waals surface area contributed by atoms with Gasteiger partial charge in [0.25, 0.3) is 0 Å². The summed E-state index contributed by atoms with van der Waals surface area (Å²) in [6.45, 7) is 0. The maximum Gasteiger partial charge on any atom is 0.194 e. The third-order valence-electron chi connectivity index (χ3n) is 2.21. The van der Waals surface area contributed by atoms with Gasteiger partial charge in [-0.1, -0.05) is 0 Å². The van der Waals surface area contributed by atoms with Crippen LogP contribution in [0, 0.1) is 0 Å². The van der Waals surface area contributed by atoms with E-state index in [1.807, 2.05) is 0 Å². The van der Waals surface area contributed by atoms with Crippen molar-refractivity contribution >= 4 is 11.5 Å². The molecule has 0 spiro atoms. The number of nitrogens with two attached hydrogens (primary N) is 1. The molecule has 0 bridgehead atoms. The van der Waals surface area contributed by atoms with E-state index < -0.39 is 0 Å². The smallest absolute Gasteiger partial charge is 0.194 e. The van der Waals surface area contributed by atoms with Gasteiger partial charge in [-0.3, -0.25) is 9.78 Å². The number of nitrogen functional groups attached to an aromatic ring is 1. The van der Waals surface area contributed by atoms with Crippen molar-refractivity contribution in [3.05, 3.63) is 53.9 Å². The van der Waals surface area contributed by atoms with Gasteiger partial charge in [-0.15, -0.1) is 0 Å². The van der Waals surface area contributed by atoms with E-state index in [0.29, 0.717) is 11.1 Å². The lowest BCUT2D eigenvalue weighted by Gasteiger charge is -2.03. The zero-order chi connectivity index (χ0) is 11.5. The number of pyridine rings is 1. The van der Waals surface area contributed by atoms with Crippen molar-refractivity contribution in [3.8, 4) is 5.75 Å². The summed E-state index contributed by atoms with van der Waals surface area (Å²) in [7, 11) is 0. The van der Waals surface area contributed by atoms with Crippen LogP contribution in [0.5, 0.6) is 5.75 Å². The molecule has 2 aromatic rings. The van der Waals surface area contributed by atoms with Crippen LogP contribution in [0.1, 0.15) is 15.9 Å². The number of ketones is 1. The molecule has 0 saturated carbocycles. The Bertz CT molecular complexity index is 524. The highest BCUT2D eigenvalue weighted by Gasteiger charge is 2.10. The molecule has 16 heavy (non-hydrogen) atoms. The van der Waals surface area contributed by atoms with E-state index >= 15 is 0 Å². The van der Waals surface area contributed by atoms with E-state index in [1.54, 1.807) is 18.3 Å². The number of carbonyl (C=O) groups is 1. The lowest BCUT2D eigenvalue weighted by atomic mass is 10.0. The normalized spacial score (nSPS) is 10.0. The molecular formula is C12H10N2O2. The van der Waals surface area contributed by atoms with E-state index in [-0.39, 0.29) is 17.2 Å². The molecule has 1 aromatic carbocycles. The van der Waals surface area contributed by atoms with Crippen molar-refractivity contribution in [1.29, 1.82) is 0 Å². The average Bonchev–Trinajstić information content (AvgIpc) is 2.33. The van der Waals surface area contributed by atoms with Crippen molar-refractivity contribution in [2.45, 2.75) is 0 Å². The number of nitrogens with zero attached hydrogens (tertiary/aromatic N) is 1. The van der Waals surface area contributed by atoms with Crippen LogP contribution in [0.4, 0.5) is 5.69 Å². The number of benzene rings is 1. The molecule has 0 saturated heterocycles. The number of rotatable bonds is 2. The second-order valence-electron chi connectivity index (χ2n) is 3.34. The first-order chi connectivity index (χ1) is 7.68. The Kier molecular flexibility index (Phi) is 2.55. The van der Waals surface area contributed by atoms with Gasteiger partial charge < -0.3 is 10.8 Å². The summed E-state index contributed by atoms with van der Waals surface area (Å²) in [5.41, 5.74) is 6.63. The maximum atomic E-state index is 11.9. The van der Waals surface area contributed by atoms with Gasteiger partial charge in [-0.25, -0.2) is 0 Å². The van der Waals surface area contributed by atoms with Crippen LogP contribution in [0.25, 0.3) is 0 Å². The number of aromatic hydroxyl groups is 1. The Morgan fingerprint density at radius 3 is 2.69 bits per heavy atom. The Labute approximate surface area is 92.4 Å². The Morgan fingerprint density at radius 2 is 2.06 bits per heavy atom. The molecule has 1 heterocycles. The number of phenolic OH excluding ortho intramolecular Hbond substituents is 1. The highest BCUT2D eigenvalue weighted by Crippen LogP contribution is 2.21. The van der Waals surface area contributed by atoms with Crippen LogP contribution in [0.3, 0.4) is 0 Å². The zero-order valence-corrected chi connectivity index (χ0v) is 8.42. The molecule has 0 atom stereocenters. The highest BCUT2D eigenvalue weighted by molar-refractivity contribution is 6.09. The summed E-state index contributed by atoms with van der Waals surface area (Å²) in [5.74, 6) is -0.192. The van der Waals surface area contributed by atoms with Gasteiger partial charge in [0, 0.05) is 23.5 Å². The number of hydrogen-bond acceptors (Lipinski definition) is 4. The molecule has 0 fully saturated rings. The predicted molar refractivity (Wildman–Crippen MR) is 60.2 cm³/mol. The van der Waals surface area contributed by atoms with E-state index in [9.17, 15) is 9.90 Å². The summed E-state index contributed by atoms with van der Waals surface area (Å²) in [5, 5.41) is 9.25. The predicted octanol–water partition coefficient (Wildman–Crippen LogP) is 1.60. The largest absolute Gasteiger partial charge is 0.506 e. The van der Waals surface area contributed by atoms with Crippen molar-refractivity contribution in [1.82, 2.24) is 4.98 Å². The fraction of sp³-hybridized carbons (Fsp3) is 0. The Morgan fingerprint density at radius 1 is 1.25 bits per heavy atom. The van der Waals surface area contributed by atoms with Crippen molar-refractivity contribution in [2.24, 2.45) is 0 Å². The number of phenols is 1. The molecule has 4 nitrogen and oxygen atoms in total. The third kappa shape index (κ3) is 1.86. The zero-order valence-electron chi connectivity index (χ0n) is 8.42. The molecular weight excluding hydrogens is 204 g/mol. The van der Waals surface area contributed by atoms with Crippen LogP contribution >= 0.6 is 0 Å². The second kappa shape index (κ2) is 4.02. The van der Waals surface area contributed by atoms with Crippen molar-refractivity contribution < 1.29 is 9.90 Å². The second-order valence-corrected chi connectivity index (χ2v) is 3.34. The fourth-order valence-corrected chi connectivity index (χ4v) is 1.36. The number of hydrogen-bond donors (Lipinski definition) is 2. The standard InChI is InChI=1S/C12H10N2O2/c13-10-6-8(3-4-11(10)15)12(16)9-2-1-5-14-7-9/h1-7,15H,13H2. The van der Waals surface area contributed by atoms with E-state index in [4.69, 9.17) is 5.73 Å². The van der Waals surface area contributed by atoms with Crippen LogP contribution in [-0.2, 0) is 0 Å². The monoisotopic (exact) mass is 214 g/mol. The topological polar surface area (TPSA) is 76.2 Å². The first-order valence-corrected chi connectivity index (χ1v) is 4.71. The van der Waals surface area contributed by atoms with Gasteiger partial charge in [0.1, 0.15) is 5.75 Å². The Hall–Kier alpha value is -2.36. The van der Waals surface area contributed by atoms with Gasteiger partial charge in [0.15, 0.2) is 5.78 Å². The molecule has 4 heteroatoms. The molecule has 0 amide bonds. The van der Waals surface area contributed by atoms with Crippen LogP contribution in [0.2, 0.25) is 0 Å². The summed E-state index contributed by atoms with van der Waals surface area (Å²) >= 11 is 0. The van der Waals surface area contributed by atoms with Gasteiger partial charge >= 0.3 is 0 Å². The minimum atomic E-state index is -0.167. The fourth-order valence-electron chi connectivity index (χ4n) is 1.36. The molecule has 2 rings (SSSR count). The molecule has 0 unspecified atom stereocenters. The molecule has 3 N–H and O–H groups in total.